The Morgan fingerprint density at radius 3 is 2.85 bits per heavy atom. The molecule has 1 aliphatic heterocycles. The molecule has 1 aromatic rings. The van der Waals surface area contributed by atoms with Crippen LogP contribution in [-0.2, 0) is 4.79 Å². The molecule has 1 saturated carbocycles. The summed E-state index contributed by atoms with van der Waals surface area (Å²) in [6, 6.07) is 3.52. The van der Waals surface area contributed by atoms with Gasteiger partial charge in [-0.1, -0.05) is 0 Å². The van der Waals surface area contributed by atoms with Crippen molar-refractivity contribution >= 4 is 27.7 Å². The number of halogens is 1. The highest BCUT2D eigenvalue weighted by molar-refractivity contribution is 9.10. The van der Waals surface area contributed by atoms with Crippen LogP contribution in [0.2, 0.25) is 0 Å². The maximum atomic E-state index is 12.5. The SMILES string of the molecule is O=C(NC1CC1)C1CCCN1C(=O)c1ncccc1Br. The van der Waals surface area contributed by atoms with Crippen LogP contribution in [0.1, 0.15) is 36.2 Å². The number of likely N-dealkylation sites (tertiary alicyclic amines) is 1. The number of hydrogen-bond acceptors (Lipinski definition) is 3. The second-order valence-electron chi connectivity index (χ2n) is 5.27. The van der Waals surface area contributed by atoms with Gasteiger partial charge >= 0.3 is 0 Å². The Balaban J connectivity index is 1.76. The summed E-state index contributed by atoms with van der Waals surface area (Å²) in [6.07, 6.45) is 5.29. The van der Waals surface area contributed by atoms with Gasteiger partial charge in [0.25, 0.3) is 5.91 Å². The maximum absolute atomic E-state index is 12.5. The smallest absolute Gasteiger partial charge is 0.274 e. The Hall–Kier alpha value is -1.43. The molecule has 3 rings (SSSR count). The van der Waals surface area contributed by atoms with Crippen LogP contribution in [0.5, 0.6) is 0 Å². The van der Waals surface area contributed by atoms with Gasteiger partial charge in [-0.15, -0.1) is 0 Å². The van der Waals surface area contributed by atoms with Crippen LogP contribution in [0.25, 0.3) is 0 Å². The lowest BCUT2D eigenvalue weighted by Gasteiger charge is -2.24. The lowest BCUT2D eigenvalue weighted by Crippen LogP contribution is -2.46. The molecule has 0 radical (unpaired) electrons. The van der Waals surface area contributed by atoms with Crippen molar-refractivity contribution in [2.45, 2.75) is 37.8 Å². The third-order valence-electron chi connectivity index (χ3n) is 3.70. The zero-order valence-electron chi connectivity index (χ0n) is 11.0. The Labute approximate surface area is 125 Å². The van der Waals surface area contributed by atoms with E-state index < -0.39 is 0 Å². The third-order valence-corrected chi connectivity index (χ3v) is 4.34. The van der Waals surface area contributed by atoms with Gasteiger partial charge in [-0.2, -0.15) is 0 Å². The molecule has 1 aliphatic carbocycles. The van der Waals surface area contributed by atoms with E-state index in [2.05, 4.69) is 26.2 Å². The van der Waals surface area contributed by atoms with Crippen molar-refractivity contribution in [1.82, 2.24) is 15.2 Å². The summed E-state index contributed by atoms with van der Waals surface area (Å²) in [4.78, 5) is 30.5. The Morgan fingerprint density at radius 1 is 1.35 bits per heavy atom. The van der Waals surface area contributed by atoms with Gasteiger partial charge in [-0.05, 0) is 53.7 Å². The Bertz CT molecular complexity index is 545. The summed E-state index contributed by atoms with van der Waals surface area (Å²) in [5, 5.41) is 2.98. The fourth-order valence-corrected chi connectivity index (χ4v) is 2.91. The third kappa shape index (κ3) is 2.70. The van der Waals surface area contributed by atoms with Crippen LogP contribution in [-0.4, -0.2) is 40.3 Å². The average molecular weight is 338 g/mol. The van der Waals surface area contributed by atoms with Crippen molar-refractivity contribution in [2.24, 2.45) is 0 Å². The number of nitrogens with zero attached hydrogens (tertiary/aromatic N) is 2. The molecule has 2 aliphatic rings. The molecular formula is C14H16BrN3O2. The summed E-state index contributed by atoms with van der Waals surface area (Å²) >= 11 is 3.34. The zero-order chi connectivity index (χ0) is 14.1. The number of aromatic nitrogens is 1. The standard InChI is InChI=1S/C14H16BrN3O2/c15-10-3-1-7-16-12(10)14(20)18-8-2-4-11(18)13(19)17-9-5-6-9/h1,3,7,9,11H,2,4-6,8H2,(H,17,19). The lowest BCUT2D eigenvalue weighted by atomic mass is 10.2. The summed E-state index contributed by atoms with van der Waals surface area (Å²) in [6.45, 7) is 0.616. The molecule has 1 N–H and O–H groups in total. The van der Waals surface area contributed by atoms with Gasteiger partial charge in [0.15, 0.2) is 0 Å². The number of rotatable bonds is 3. The van der Waals surface area contributed by atoms with Gasteiger partial charge in [0.1, 0.15) is 11.7 Å². The van der Waals surface area contributed by atoms with Crippen molar-refractivity contribution in [1.29, 1.82) is 0 Å². The van der Waals surface area contributed by atoms with Crippen LogP contribution in [0.3, 0.4) is 0 Å². The number of hydrogen-bond donors (Lipinski definition) is 1. The minimum Gasteiger partial charge on any atom is -0.352 e. The molecule has 0 aromatic carbocycles. The average Bonchev–Trinajstić information content (AvgIpc) is 3.11. The van der Waals surface area contributed by atoms with E-state index in [0.29, 0.717) is 22.8 Å². The van der Waals surface area contributed by atoms with Crippen LogP contribution in [0.4, 0.5) is 0 Å². The number of carbonyl (C=O) groups excluding carboxylic acids is 2. The molecule has 1 unspecified atom stereocenters. The molecule has 1 atom stereocenters. The molecule has 5 nitrogen and oxygen atoms in total. The Morgan fingerprint density at radius 2 is 2.15 bits per heavy atom. The quantitative estimate of drug-likeness (QED) is 0.913. The molecule has 6 heteroatoms. The Kier molecular flexibility index (Phi) is 3.74. The van der Waals surface area contributed by atoms with E-state index in [9.17, 15) is 9.59 Å². The van der Waals surface area contributed by atoms with Gasteiger partial charge in [-0.3, -0.25) is 9.59 Å². The summed E-state index contributed by atoms with van der Waals surface area (Å²) in [7, 11) is 0. The first-order valence-corrected chi connectivity index (χ1v) is 7.68. The molecule has 0 spiro atoms. The van der Waals surface area contributed by atoms with Gasteiger partial charge in [0.2, 0.25) is 5.91 Å². The minimum atomic E-state index is -0.350. The van der Waals surface area contributed by atoms with E-state index in [1.54, 1.807) is 23.2 Å². The van der Waals surface area contributed by atoms with Crippen LogP contribution in [0, 0.1) is 0 Å². The summed E-state index contributed by atoms with van der Waals surface area (Å²) in [5.41, 5.74) is 0.374. The normalized spacial score (nSPS) is 21.9. The molecule has 106 valence electrons. The first-order chi connectivity index (χ1) is 9.66. The first kappa shape index (κ1) is 13.5. The van der Waals surface area contributed by atoms with E-state index >= 15 is 0 Å². The highest BCUT2D eigenvalue weighted by Gasteiger charge is 2.37. The monoisotopic (exact) mass is 337 g/mol. The summed E-state index contributed by atoms with van der Waals surface area (Å²) in [5.74, 6) is -0.198. The number of nitrogens with one attached hydrogen (secondary N) is 1. The van der Waals surface area contributed by atoms with E-state index in [0.717, 1.165) is 25.7 Å². The second kappa shape index (κ2) is 5.52. The van der Waals surface area contributed by atoms with Crippen molar-refractivity contribution in [3.63, 3.8) is 0 Å². The molecule has 1 aromatic heterocycles. The second-order valence-corrected chi connectivity index (χ2v) is 6.13. The van der Waals surface area contributed by atoms with Crippen molar-refractivity contribution in [3.8, 4) is 0 Å². The van der Waals surface area contributed by atoms with E-state index in [-0.39, 0.29) is 17.9 Å². The molecule has 2 amide bonds. The van der Waals surface area contributed by atoms with Gasteiger partial charge in [-0.25, -0.2) is 4.98 Å². The van der Waals surface area contributed by atoms with Gasteiger partial charge in [0.05, 0.1) is 0 Å². The molecule has 0 bridgehead atoms. The van der Waals surface area contributed by atoms with Crippen molar-refractivity contribution in [3.05, 3.63) is 28.5 Å². The number of pyridine rings is 1. The highest BCUT2D eigenvalue weighted by atomic mass is 79.9. The summed E-state index contributed by atoms with van der Waals surface area (Å²) < 4.78 is 0.665. The predicted molar refractivity (Wildman–Crippen MR) is 77.2 cm³/mol. The van der Waals surface area contributed by atoms with Crippen LogP contribution < -0.4 is 5.32 Å². The van der Waals surface area contributed by atoms with Crippen LogP contribution >= 0.6 is 15.9 Å². The zero-order valence-corrected chi connectivity index (χ0v) is 12.6. The van der Waals surface area contributed by atoms with Crippen molar-refractivity contribution in [2.75, 3.05) is 6.54 Å². The number of carbonyl (C=O) groups is 2. The molecular weight excluding hydrogens is 322 g/mol. The molecule has 20 heavy (non-hydrogen) atoms. The lowest BCUT2D eigenvalue weighted by molar-refractivity contribution is -0.125. The maximum Gasteiger partial charge on any atom is 0.274 e. The fourth-order valence-electron chi connectivity index (χ4n) is 2.49. The molecule has 2 fully saturated rings. The first-order valence-electron chi connectivity index (χ1n) is 6.88. The van der Waals surface area contributed by atoms with Gasteiger partial charge < -0.3 is 10.2 Å². The van der Waals surface area contributed by atoms with E-state index in [1.807, 2.05) is 0 Å². The highest BCUT2D eigenvalue weighted by Crippen LogP contribution is 2.25. The number of amides is 2. The minimum absolute atomic E-state index is 0.0228. The van der Waals surface area contributed by atoms with E-state index in [1.165, 1.54) is 0 Å². The molecule has 2 heterocycles. The topological polar surface area (TPSA) is 62.3 Å². The van der Waals surface area contributed by atoms with Crippen molar-refractivity contribution < 1.29 is 9.59 Å². The van der Waals surface area contributed by atoms with Crippen LogP contribution in [0.15, 0.2) is 22.8 Å². The molecule has 1 saturated heterocycles. The largest absolute Gasteiger partial charge is 0.352 e. The fraction of sp³-hybridized carbons (Fsp3) is 0.500. The predicted octanol–water partition coefficient (Wildman–Crippen LogP) is 1.73. The van der Waals surface area contributed by atoms with Gasteiger partial charge in [0, 0.05) is 23.3 Å². The van der Waals surface area contributed by atoms with E-state index in [4.69, 9.17) is 0 Å².